The number of nitrogens with one attached hydrogen (secondary N) is 1. The van der Waals surface area contributed by atoms with Crippen LogP contribution >= 0.6 is 23.4 Å². The zero-order valence-corrected chi connectivity index (χ0v) is 14.2. The number of imide groups is 1. The van der Waals surface area contributed by atoms with Crippen molar-refractivity contribution in [2.24, 2.45) is 0 Å². The fourth-order valence-electron chi connectivity index (χ4n) is 1.48. The third-order valence-electron chi connectivity index (χ3n) is 2.47. The molecule has 0 spiro atoms. The van der Waals surface area contributed by atoms with Crippen LogP contribution in [0.15, 0.2) is 33.9 Å². The molecule has 1 N–H and O–H groups in total. The molecule has 2 amide bonds. The van der Waals surface area contributed by atoms with Crippen molar-refractivity contribution < 1.29 is 23.5 Å². The third kappa shape index (κ3) is 6.09. The molecule has 128 valence electrons. The van der Waals surface area contributed by atoms with Crippen molar-refractivity contribution in [2.75, 3.05) is 12.4 Å². The van der Waals surface area contributed by atoms with Crippen LogP contribution in [0.4, 0.5) is 4.79 Å². The predicted molar refractivity (Wildman–Crippen MR) is 86.0 cm³/mol. The van der Waals surface area contributed by atoms with Gasteiger partial charge in [0.15, 0.2) is 6.61 Å². The van der Waals surface area contributed by atoms with Gasteiger partial charge in [0, 0.05) is 5.02 Å². The van der Waals surface area contributed by atoms with Crippen LogP contribution in [-0.2, 0) is 16.1 Å². The van der Waals surface area contributed by atoms with Crippen molar-refractivity contribution in [1.82, 2.24) is 15.5 Å². The SMILES string of the molecule is CCOC(=O)NC(=O)CSc1nnc(COc2ccc(Cl)cc2)o1. The average Bonchev–Trinajstić information content (AvgIpc) is 3.00. The Balaban J connectivity index is 1.75. The number of benzene rings is 1. The summed E-state index contributed by atoms with van der Waals surface area (Å²) in [4.78, 5) is 22.6. The standard InChI is InChI=1S/C14H14ClN3O5S/c1-2-21-13(20)16-11(19)8-24-14-18-17-12(23-14)7-22-10-5-3-9(15)4-6-10/h3-6H,2,7-8H2,1H3,(H,16,19,20). The van der Waals surface area contributed by atoms with Gasteiger partial charge in [0.2, 0.25) is 5.91 Å². The summed E-state index contributed by atoms with van der Waals surface area (Å²) in [7, 11) is 0. The fourth-order valence-corrected chi connectivity index (χ4v) is 2.18. The minimum atomic E-state index is -0.786. The van der Waals surface area contributed by atoms with Gasteiger partial charge in [-0.1, -0.05) is 23.4 Å². The van der Waals surface area contributed by atoms with Gasteiger partial charge in [-0.25, -0.2) is 4.79 Å². The van der Waals surface area contributed by atoms with Crippen LogP contribution in [0.1, 0.15) is 12.8 Å². The summed E-state index contributed by atoms with van der Waals surface area (Å²) < 4.78 is 15.4. The second-order valence-corrected chi connectivity index (χ2v) is 5.62. The molecule has 0 aliphatic carbocycles. The Kier molecular flexibility index (Phi) is 6.89. The molecule has 0 aliphatic rings. The van der Waals surface area contributed by atoms with E-state index in [1.54, 1.807) is 31.2 Å². The molecule has 0 aliphatic heterocycles. The van der Waals surface area contributed by atoms with E-state index in [-0.39, 0.29) is 30.1 Å². The largest absolute Gasteiger partial charge is 0.484 e. The number of alkyl carbamates (subject to hydrolysis) is 1. The predicted octanol–water partition coefficient (Wildman–Crippen LogP) is 2.67. The molecule has 0 fully saturated rings. The van der Waals surface area contributed by atoms with Crippen LogP contribution < -0.4 is 10.1 Å². The monoisotopic (exact) mass is 371 g/mol. The molecular weight excluding hydrogens is 358 g/mol. The van der Waals surface area contributed by atoms with Gasteiger partial charge in [0.25, 0.3) is 11.1 Å². The lowest BCUT2D eigenvalue weighted by molar-refractivity contribution is -0.117. The number of halogens is 1. The minimum absolute atomic E-state index is 0.0571. The average molecular weight is 372 g/mol. The van der Waals surface area contributed by atoms with Crippen molar-refractivity contribution in [1.29, 1.82) is 0 Å². The zero-order chi connectivity index (χ0) is 17.4. The summed E-state index contributed by atoms with van der Waals surface area (Å²) in [6, 6.07) is 6.84. The molecule has 1 aromatic carbocycles. The van der Waals surface area contributed by atoms with E-state index in [2.05, 4.69) is 20.3 Å². The maximum absolute atomic E-state index is 11.5. The highest BCUT2D eigenvalue weighted by atomic mass is 35.5. The van der Waals surface area contributed by atoms with Crippen LogP contribution in [0.5, 0.6) is 5.75 Å². The van der Waals surface area contributed by atoms with Crippen molar-refractivity contribution in [2.45, 2.75) is 18.8 Å². The normalized spacial score (nSPS) is 10.2. The first kappa shape index (κ1) is 18.1. The first-order valence-corrected chi connectivity index (χ1v) is 8.23. The molecule has 0 saturated carbocycles. The number of ether oxygens (including phenoxy) is 2. The van der Waals surface area contributed by atoms with E-state index >= 15 is 0 Å². The van der Waals surface area contributed by atoms with Crippen LogP contribution in [0.3, 0.4) is 0 Å². The molecule has 0 bridgehead atoms. The highest BCUT2D eigenvalue weighted by molar-refractivity contribution is 7.99. The Bertz CT molecular complexity index is 692. The zero-order valence-electron chi connectivity index (χ0n) is 12.7. The van der Waals surface area contributed by atoms with Gasteiger partial charge < -0.3 is 13.9 Å². The molecule has 1 aromatic heterocycles. The van der Waals surface area contributed by atoms with E-state index in [9.17, 15) is 9.59 Å². The number of rotatable bonds is 7. The van der Waals surface area contributed by atoms with Crippen LogP contribution in [0, 0.1) is 0 Å². The van der Waals surface area contributed by atoms with E-state index in [1.165, 1.54) is 0 Å². The third-order valence-corrected chi connectivity index (χ3v) is 3.54. The Labute approximate surface area is 146 Å². The summed E-state index contributed by atoms with van der Waals surface area (Å²) in [6.07, 6.45) is -0.786. The van der Waals surface area contributed by atoms with Crippen molar-refractivity contribution in [3.8, 4) is 5.75 Å². The number of amides is 2. The van der Waals surface area contributed by atoms with Gasteiger partial charge in [-0.15, -0.1) is 10.2 Å². The molecule has 8 nitrogen and oxygen atoms in total. The molecule has 2 rings (SSSR count). The minimum Gasteiger partial charge on any atom is -0.484 e. The fraction of sp³-hybridized carbons (Fsp3) is 0.286. The highest BCUT2D eigenvalue weighted by Gasteiger charge is 2.12. The lowest BCUT2D eigenvalue weighted by atomic mass is 10.3. The first-order valence-electron chi connectivity index (χ1n) is 6.87. The summed E-state index contributed by atoms with van der Waals surface area (Å²) in [5.41, 5.74) is 0. The molecule has 2 aromatic rings. The molecule has 24 heavy (non-hydrogen) atoms. The molecule has 10 heteroatoms. The van der Waals surface area contributed by atoms with Crippen molar-refractivity contribution >= 4 is 35.4 Å². The highest BCUT2D eigenvalue weighted by Crippen LogP contribution is 2.19. The maximum Gasteiger partial charge on any atom is 0.413 e. The Hall–Kier alpha value is -2.26. The van der Waals surface area contributed by atoms with Crippen LogP contribution in [-0.4, -0.2) is 34.6 Å². The summed E-state index contributed by atoms with van der Waals surface area (Å²) in [5, 5.41) is 10.5. The number of aromatic nitrogens is 2. The lowest BCUT2D eigenvalue weighted by Crippen LogP contribution is -2.32. The van der Waals surface area contributed by atoms with Crippen LogP contribution in [0.25, 0.3) is 0 Å². The molecular formula is C14H14ClN3O5S. The number of carbonyl (C=O) groups excluding carboxylic acids is 2. The number of hydrogen-bond acceptors (Lipinski definition) is 8. The smallest absolute Gasteiger partial charge is 0.413 e. The first-order chi connectivity index (χ1) is 11.6. The number of carbonyl (C=O) groups is 2. The van der Waals surface area contributed by atoms with Gasteiger partial charge >= 0.3 is 6.09 Å². The Morgan fingerprint density at radius 1 is 1.29 bits per heavy atom. The molecule has 0 saturated heterocycles. The van der Waals surface area contributed by atoms with Gasteiger partial charge in [-0.05, 0) is 31.2 Å². The summed E-state index contributed by atoms with van der Waals surface area (Å²) in [6.45, 7) is 1.92. The Morgan fingerprint density at radius 3 is 2.75 bits per heavy atom. The van der Waals surface area contributed by atoms with Gasteiger partial charge in [0.05, 0.1) is 12.4 Å². The topological polar surface area (TPSA) is 104 Å². The van der Waals surface area contributed by atoms with Crippen LogP contribution in [0.2, 0.25) is 5.02 Å². The second-order valence-electron chi connectivity index (χ2n) is 4.26. The van der Waals surface area contributed by atoms with E-state index in [0.717, 1.165) is 11.8 Å². The number of nitrogens with zero attached hydrogens (tertiary/aromatic N) is 2. The number of hydrogen-bond donors (Lipinski definition) is 1. The molecule has 0 unspecified atom stereocenters. The number of thioether (sulfide) groups is 1. The van der Waals surface area contributed by atoms with E-state index in [1.807, 2.05) is 0 Å². The van der Waals surface area contributed by atoms with E-state index in [0.29, 0.717) is 10.8 Å². The molecule has 0 radical (unpaired) electrons. The lowest BCUT2D eigenvalue weighted by Gasteiger charge is -2.02. The molecule has 1 heterocycles. The molecule has 0 atom stereocenters. The summed E-state index contributed by atoms with van der Waals surface area (Å²) >= 11 is 6.78. The van der Waals surface area contributed by atoms with Gasteiger partial charge in [0.1, 0.15) is 5.75 Å². The van der Waals surface area contributed by atoms with Gasteiger partial charge in [-0.2, -0.15) is 0 Å². The van der Waals surface area contributed by atoms with Crippen molar-refractivity contribution in [3.63, 3.8) is 0 Å². The van der Waals surface area contributed by atoms with E-state index < -0.39 is 12.0 Å². The van der Waals surface area contributed by atoms with Gasteiger partial charge in [-0.3, -0.25) is 10.1 Å². The Morgan fingerprint density at radius 2 is 2.04 bits per heavy atom. The quantitative estimate of drug-likeness (QED) is 0.741. The van der Waals surface area contributed by atoms with E-state index in [4.69, 9.17) is 20.8 Å². The summed E-state index contributed by atoms with van der Waals surface area (Å²) in [5.74, 6) is 0.299. The maximum atomic E-state index is 11.5. The second kappa shape index (κ2) is 9.14. The van der Waals surface area contributed by atoms with Crippen molar-refractivity contribution in [3.05, 3.63) is 35.2 Å².